The van der Waals surface area contributed by atoms with Crippen LogP contribution in [0.2, 0.25) is 0 Å². The summed E-state index contributed by atoms with van der Waals surface area (Å²) in [5.74, 6) is 0.504. The summed E-state index contributed by atoms with van der Waals surface area (Å²) >= 11 is 0. The Balaban J connectivity index is 1.76. The van der Waals surface area contributed by atoms with Gasteiger partial charge in [0, 0.05) is 23.5 Å². The lowest BCUT2D eigenvalue weighted by Crippen LogP contribution is -2.38. The number of hydrogen-bond acceptors (Lipinski definition) is 4. The van der Waals surface area contributed by atoms with Gasteiger partial charge in [0.2, 0.25) is 0 Å². The van der Waals surface area contributed by atoms with E-state index in [0.717, 1.165) is 22.2 Å². The Morgan fingerprint density at radius 2 is 2.18 bits per heavy atom. The lowest BCUT2D eigenvalue weighted by molar-refractivity contribution is -0.143. The number of carbonyl (C=O) groups is 1. The SMILES string of the molecule is COC(=O)[C@H](Cc1c[nH]c2ccccc12)NCc1ccco1. The maximum Gasteiger partial charge on any atom is 0.323 e. The van der Waals surface area contributed by atoms with Crippen molar-refractivity contribution in [2.45, 2.75) is 19.0 Å². The number of hydrogen-bond donors (Lipinski definition) is 2. The summed E-state index contributed by atoms with van der Waals surface area (Å²) in [5, 5.41) is 4.32. The molecule has 0 radical (unpaired) electrons. The first-order valence-corrected chi connectivity index (χ1v) is 7.16. The molecule has 0 saturated heterocycles. The van der Waals surface area contributed by atoms with E-state index >= 15 is 0 Å². The number of methoxy groups -OCH3 is 1. The highest BCUT2D eigenvalue weighted by Crippen LogP contribution is 2.19. The fourth-order valence-electron chi connectivity index (χ4n) is 2.54. The van der Waals surface area contributed by atoms with E-state index in [9.17, 15) is 4.79 Å². The average Bonchev–Trinajstić information content (AvgIpc) is 3.20. The Hall–Kier alpha value is -2.53. The fourth-order valence-corrected chi connectivity index (χ4v) is 2.54. The quantitative estimate of drug-likeness (QED) is 0.687. The van der Waals surface area contributed by atoms with Crippen molar-refractivity contribution in [3.8, 4) is 0 Å². The van der Waals surface area contributed by atoms with E-state index in [4.69, 9.17) is 9.15 Å². The van der Waals surface area contributed by atoms with Crippen LogP contribution in [-0.2, 0) is 22.5 Å². The second-order valence-corrected chi connectivity index (χ2v) is 5.10. The predicted molar refractivity (Wildman–Crippen MR) is 83.4 cm³/mol. The Morgan fingerprint density at radius 3 is 2.95 bits per heavy atom. The third-order valence-electron chi connectivity index (χ3n) is 3.69. The van der Waals surface area contributed by atoms with Crippen molar-refractivity contribution in [3.63, 3.8) is 0 Å². The van der Waals surface area contributed by atoms with E-state index in [1.807, 2.05) is 42.6 Å². The molecule has 22 heavy (non-hydrogen) atoms. The Kier molecular flexibility index (Phi) is 4.25. The van der Waals surface area contributed by atoms with Crippen LogP contribution < -0.4 is 5.32 Å². The molecule has 0 bridgehead atoms. The first-order chi connectivity index (χ1) is 10.8. The van der Waals surface area contributed by atoms with E-state index in [2.05, 4.69) is 10.3 Å². The minimum absolute atomic E-state index is 0.281. The molecule has 3 rings (SSSR count). The fraction of sp³-hybridized carbons (Fsp3) is 0.235. The van der Waals surface area contributed by atoms with Gasteiger partial charge in [0.15, 0.2) is 0 Å². The van der Waals surface area contributed by atoms with E-state index in [1.165, 1.54) is 7.11 Å². The van der Waals surface area contributed by atoms with Crippen molar-refractivity contribution in [3.05, 3.63) is 60.2 Å². The number of nitrogens with one attached hydrogen (secondary N) is 2. The van der Waals surface area contributed by atoms with Gasteiger partial charge in [0.1, 0.15) is 11.8 Å². The summed E-state index contributed by atoms with van der Waals surface area (Å²) in [5.41, 5.74) is 2.14. The van der Waals surface area contributed by atoms with Crippen molar-refractivity contribution >= 4 is 16.9 Å². The van der Waals surface area contributed by atoms with Crippen molar-refractivity contribution in [1.29, 1.82) is 0 Å². The molecule has 0 spiro atoms. The number of para-hydroxylation sites is 1. The number of rotatable bonds is 6. The molecule has 0 aliphatic rings. The van der Waals surface area contributed by atoms with Crippen molar-refractivity contribution in [2.24, 2.45) is 0 Å². The van der Waals surface area contributed by atoms with Crippen molar-refractivity contribution < 1.29 is 13.9 Å². The summed E-state index contributed by atoms with van der Waals surface area (Å²) in [6, 6.07) is 11.3. The number of fused-ring (bicyclic) bond motifs is 1. The highest BCUT2D eigenvalue weighted by Gasteiger charge is 2.21. The normalized spacial score (nSPS) is 12.4. The summed E-state index contributed by atoms with van der Waals surface area (Å²) in [7, 11) is 1.40. The maximum atomic E-state index is 12.0. The number of esters is 1. The molecule has 1 atom stereocenters. The van der Waals surface area contributed by atoms with Gasteiger partial charge in [-0.3, -0.25) is 10.1 Å². The molecule has 0 aliphatic heterocycles. The van der Waals surface area contributed by atoms with E-state index in [0.29, 0.717) is 13.0 Å². The summed E-state index contributed by atoms with van der Waals surface area (Å²) < 4.78 is 10.2. The number of aromatic amines is 1. The molecule has 5 heteroatoms. The number of furan rings is 1. The van der Waals surface area contributed by atoms with Crippen molar-refractivity contribution in [1.82, 2.24) is 10.3 Å². The molecule has 0 saturated carbocycles. The van der Waals surface area contributed by atoms with Gasteiger partial charge in [-0.2, -0.15) is 0 Å². The van der Waals surface area contributed by atoms with E-state index in [1.54, 1.807) is 6.26 Å². The van der Waals surface area contributed by atoms with Gasteiger partial charge in [-0.05, 0) is 23.8 Å². The smallest absolute Gasteiger partial charge is 0.323 e. The second kappa shape index (κ2) is 6.49. The third kappa shape index (κ3) is 3.04. The Morgan fingerprint density at radius 1 is 1.32 bits per heavy atom. The molecule has 5 nitrogen and oxygen atoms in total. The molecule has 0 amide bonds. The molecule has 114 valence electrons. The van der Waals surface area contributed by atoms with Crippen LogP contribution in [0, 0.1) is 0 Å². The molecule has 0 aliphatic carbocycles. The van der Waals surface area contributed by atoms with Gasteiger partial charge in [0.25, 0.3) is 0 Å². The van der Waals surface area contributed by atoms with Gasteiger partial charge in [-0.1, -0.05) is 18.2 Å². The third-order valence-corrected chi connectivity index (χ3v) is 3.69. The molecule has 3 aromatic rings. The van der Waals surface area contributed by atoms with Gasteiger partial charge in [-0.15, -0.1) is 0 Å². The minimum atomic E-state index is -0.422. The lowest BCUT2D eigenvalue weighted by atomic mass is 10.0. The molecule has 1 aromatic carbocycles. The van der Waals surface area contributed by atoms with Crippen LogP contribution in [0.25, 0.3) is 10.9 Å². The predicted octanol–water partition coefficient (Wildman–Crippen LogP) is 2.63. The summed E-state index contributed by atoms with van der Waals surface area (Å²) in [6.07, 6.45) is 4.11. The molecule has 2 aromatic heterocycles. The van der Waals surface area contributed by atoms with Crippen LogP contribution in [0.4, 0.5) is 0 Å². The summed E-state index contributed by atoms with van der Waals surface area (Å²) in [4.78, 5) is 15.2. The van der Waals surface area contributed by atoms with E-state index in [-0.39, 0.29) is 5.97 Å². The van der Waals surface area contributed by atoms with Crippen LogP contribution in [-0.4, -0.2) is 24.1 Å². The van der Waals surface area contributed by atoms with Crippen molar-refractivity contribution in [2.75, 3.05) is 7.11 Å². The monoisotopic (exact) mass is 298 g/mol. The largest absolute Gasteiger partial charge is 0.468 e. The molecule has 2 N–H and O–H groups in total. The zero-order chi connectivity index (χ0) is 15.4. The lowest BCUT2D eigenvalue weighted by Gasteiger charge is -2.15. The maximum absolute atomic E-state index is 12.0. The number of carbonyl (C=O) groups excluding carboxylic acids is 1. The number of H-pyrrole nitrogens is 1. The topological polar surface area (TPSA) is 67.3 Å². The molecular weight excluding hydrogens is 280 g/mol. The Bertz CT molecular complexity index is 746. The first kappa shape index (κ1) is 14.4. The van der Waals surface area contributed by atoms with Crippen LogP contribution in [0.1, 0.15) is 11.3 Å². The number of ether oxygens (including phenoxy) is 1. The minimum Gasteiger partial charge on any atom is -0.468 e. The second-order valence-electron chi connectivity index (χ2n) is 5.10. The Labute approximate surface area is 128 Å². The highest BCUT2D eigenvalue weighted by molar-refractivity contribution is 5.84. The summed E-state index contributed by atoms with van der Waals surface area (Å²) in [6.45, 7) is 0.481. The van der Waals surface area contributed by atoms with Gasteiger partial charge < -0.3 is 14.1 Å². The first-order valence-electron chi connectivity index (χ1n) is 7.16. The number of benzene rings is 1. The van der Waals surface area contributed by atoms with Crippen LogP contribution in [0.5, 0.6) is 0 Å². The van der Waals surface area contributed by atoms with Crippen LogP contribution >= 0.6 is 0 Å². The van der Waals surface area contributed by atoms with Gasteiger partial charge in [-0.25, -0.2) is 0 Å². The molecule has 2 heterocycles. The number of aromatic nitrogens is 1. The molecular formula is C17H18N2O3. The van der Waals surface area contributed by atoms with Gasteiger partial charge in [0.05, 0.1) is 19.9 Å². The van der Waals surface area contributed by atoms with Crippen LogP contribution in [0.15, 0.2) is 53.3 Å². The standard InChI is InChI=1S/C17H18N2O3/c1-21-17(20)16(19-11-13-5-4-8-22-13)9-12-10-18-15-7-3-2-6-14(12)15/h2-8,10,16,18-19H,9,11H2,1H3/t16-/m0/s1. The van der Waals surface area contributed by atoms with Crippen LogP contribution in [0.3, 0.4) is 0 Å². The molecule has 0 fully saturated rings. The van der Waals surface area contributed by atoms with Gasteiger partial charge >= 0.3 is 5.97 Å². The highest BCUT2D eigenvalue weighted by atomic mass is 16.5. The molecule has 0 unspecified atom stereocenters. The average molecular weight is 298 g/mol. The zero-order valence-electron chi connectivity index (χ0n) is 12.3. The zero-order valence-corrected chi connectivity index (χ0v) is 12.3. The van der Waals surface area contributed by atoms with E-state index < -0.39 is 6.04 Å².